The minimum Gasteiger partial charge on any atom is -1.00 e. The van der Waals surface area contributed by atoms with E-state index < -0.39 is 12.2 Å². The molecule has 0 amide bonds. The van der Waals surface area contributed by atoms with E-state index in [-0.39, 0.29) is 69.4 Å². The first-order valence-corrected chi connectivity index (χ1v) is 21.3. The van der Waals surface area contributed by atoms with Gasteiger partial charge in [0.25, 0.3) is 0 Å². The number of aliphatic hydroxyl groups excluding tert-OH is 4. The molecule has 4 N–H and O–H groups in total. The van der Waals surface area contributed by atoms with Crippen LogP contribution in [-0.2, 0) is 19.1 Å². The predicted molar refractivity (Wildman–Crippen MR) is 208 cm³/mol. The third kappa shape index (κ3) is 49.8. The van der Waals surface area contributed by atoms with E-state index in [2.05, 4.69) is 13.8 Å². The van der Waals surface area contributed by atoms with Crippen molar-refractivity contribution in [3.05, 3.63) is 0 Å². The molecule has 0 saturated heterocycles. The van der Waals surface area contributed by atoms with Crippen molar-refractivity contribution in [1.82, 2.24) is 0 Å². The second kappa shape index (κ2) is 47.8. The fraction of sp³-hybridized carbons (Fsp3) is 0.952. The van der Waals surface area contributed by atoms with Crippen molar-refractivity contribution in [2.75, 3.05) is 26.4 Å². The van der Waals surface area contributed by atoms with Gasteiger partial charge in [0.15, 0.2) is 0 Å². The molecule has 2 atom stereocenters. The van der Waals surface area contributed by atoms with Crippen LogP contribution in [0, 0.1) is 0 Å². The third-order valence-electron chi connectivity index (χ3n) is 9.26. The maximum Gasteiger partial charge on any atom is 1.00 e. The molecule has 0 saturated carbocycles. The molecule has 0 heterocycles. The van der Waals surface area contributed by atoms with Crippen molar-refractivity contribution in [2.24, 2.45) is 0 Å². The molecular weight excluding hydrogens is 655 g/mol. The Labute approximate surface area is 338 Å². The van der Waals surface area contributed by atoms with Gasteiger partial charge in [-0.25, -0.2) is 0 Å². The van der Waals surface area contributed by atoms with Gasteiger partial charge in [0.1, 0.15) is 25.4 Å². The standard InChI is InChI=1S/2C21H42O4.Na.H/c2*1-2-3-4-5-6-7-8-9-10-11-12-13-14-15-16-17-21(24)25-19-20(23)18-22;;/h2*20,22-23H,2-19H2,1H3;;/q;;+1;-1. The van der Waals surface area contributed by atoms with Gasteiger partial charge in [0.2, 0.25) is 0 Å². The summed E-state index contributed by atoms with van der Waals surface area (Å²) in [4.78, 5) is 22.8. The van der Waals surface area contributed by atoms with Crippen LogP contribution in [0.2, 0.25) is 0 Å². The fourth-order valence-corrected chi connectivity index (χ4v) is 5.91. The number of ether oxygens (including phenoxy) is 2. The van der Waals surface area contributed by atoms with Gasteiger partial charge < -0.3 is 31.3 Å². The molecule has 0 aliphatic rings. The average Bonchev–Trinajstić information content (AvgIpc) is 3.12. The van der Waals surface area contributed by atoms with Gasteiger partial charge >= 0.3 is 41.5 Å². The molecule has 0 aromatic carbocycles. The molecule has 0 aliphatic carbocycles. The van der Waals surface area contributed by atoms with Crippen molar-refractivity contribution < 1.29 is 70.5 Å². The summed E-state index contributed by atoms with van der Waals surface area (Å²) < 4.78 is 9.73. The minimum absolute atomic E-state index is 0. The first-order valence-electron chi connectivity index (χ1n) is 21.3. The second-order valence-corrected chi connectivity index (χ2v) is 14.4. The Balaban J connectivity index is -0.000000427. The number of carbonyl (C=O) groups is 2. The van der Waals surface area contributed by atoms with Crippen molar-refractivity contribution >= 4 is 11.9 Å². The van der Waals surface area contributed by atoms with Crippen LogP contribution in [0.4, 0.5) is 0 Å². The zero-order chi connectivity index (χ0) is 37.2. The molecule has 0 radical (unpaired) electrons. The van der Waals surface area contributed by atoms with Gasteiger partial charge in [-0.15, -0.1) is 0 Å². The van der Waals surface area contributed by atoms with Gasteiger partial charge in [-0.1, -0.05) is 194 Å². The SMILES string of the molecule is CCCCCCCCCCCCCCCCCC(=O)OCC(O)CO.CCCCCCCCCCCCCCCCCC(=O)OCC(O)CO.[H-].[Na+]. The molecule has 0 fully saturated rings. The molecule has 9 heteroatoms. The summed E-state index contributed by atoms with van der Waals surface area (Å²) >= 11 is 0. The fourth-order valence-electron chi connectivity index (χ4n) is 5.91. The number of unbranched alkanes of at least 4 members (excludes halogenated alkanes) is 28. The van der Waals surface area contributed by atoms with E-state index in [1.165, 1.54) is 167 Å². The van der Waals surface area contributed by atoms with E-state index in [0.29, 0.717) is 12.8 Å². The van der Waals surface area contributed by atoms with Crippen LogP contribution >= 0.6 is 0 Å². The summed E-state index contributed by atoms with van der Waals surface area (Å²) in [5.41, 5.74) is 0. The topological polar surface area (TPSA) is 134 Å². The Kier molecular flexibility index (Phi) is 51.7. The molecule has 302 valence electrons. The molecule has 51 heavy (non-hydrogen) atoms. The summed E-state index contributed by atoms with van der Waals surface area (Å²) in [7, 11) is 0. The van der Waals surface area contributed by atoms with Crippen LogP contribution in [0.15, 0.2) is 0 Å². The Morgan fingerprint density at radius 2 is 0.608 bits per heavy atom. The monoisotopic (exact) mass is 741 g/mol. The van der Waals surface area contributed by atoms with Gasteiger partial charge in [0, 0.05) is 12.8 Å². The van der Waals surface area contributed by atoms with Gasteiger partial charge in [-0.2, -0.15) is 0 Å². The number of esters is 2. The number of hydrogen-bond acceptors (Lipinski definition) is 8. The summed E-state index contributed by atoms with van der Waals surface area (Å²) in [5, 5.41) is 35.4. The molecule has 0 rings (SSSR count). The van der Waals surface area contributed by atoms with E-state index in [4.69, 9.17) is 29.9 Å². The maximum atomic E-state index is 11.4. The van der Waals surface area contributed by atoms with E-state index in [9.17, 15) is 9.59 Å². The normalized spacial score (nSPS) is 12.0. The van der Waals surface area contributed by atoms with Gasteiger partial charge in [0.05, 0.1) is 13.2 Å². The zero-order valence-electron chi connectivity index (χ0n) is 35.0. The maximum absolute atomic E-state index is 11.4. The second-order valence-electron chi connectivity index (χ2n) is 14.4. The molecule has 0 spiro atoms. The van der Waals surface area contributed by atoms with Crippen molar-refractivity contribution in [1.29, 1.82) is 0 Å². The summed E-state index contributed by atoms with van der Waals surface area (Å²) in [6.07, 6.45) is 38.1. The van der Waals surface area contributed by atoms with E-state index in [0.717, 1.165) is 25.7 Å². The summed E-state index contributed by atoms with van der Waals surface area (Å²) in [6, 6.07) is 0. The predicted octanol–water partition coefficient (Wildman–Crippen LogP) is 7.41. The molecule has 0 aliphatic heterocycles. The van der Waals surface area contributed by atoms with Gasteiger partial charge in [-0.05, 0) is 12.8 Å². The molecule has 8 nitrogen and oxygen atoms in total. The van der Waals surface area contributed by atoms with Crippen molar-refractivity contribution in [2.45, 2.75) is 232 Å². The van der Waals surface area contributed by atoms with Crippen LogP contribution < -0.4 is 29.6 Å². The van der Waals surface area contributed by atoms with Crippen LogP contribution in [0.5, 0.6) is 0 Å². The van der Waals surface area contributed by atoms with Gasteiger partial charge in [-0.3, -0.25) is 9.59 Å². The Morgan fingerprint density at radius 3 is 0.804 bits per heavy atom. The molecule has 0 bridgehead atoms. The summed E-state index contributed by atoms with van der Waals surface area (Å²) in [6.45, 7) is 3.59. The Bertz CT molecular complexity index is 632. The molecule has 0 aromatic rings. The molecule has 0 aromatic heterocycles. The molecular formula is C42H85NaO8. The third-order valence-corrected chi connectivity index (χ3v) is 9.26. The quantitative estimate of drug-likeness (QED) is 0.0293. The van der Waals surface area contributed by atoms with Crippen LogP contribution in [-0.4, -0.2) is 71.0 Å². The average molecular weight is 741 g/mol. The smallest absolute Gasteiger partial charge is 1.00 e. The zero-order valence-corrected chi connectivity index (χ0v) is 36.0. The van der Waals surface area contributed by atoms with Crippen LogP contribution in [0.25, 0.3) is 0 Å². The van der Waals surface area contributed by atoms with E-state index >= 15 is 0 Å². The minimum atomic E-state index is -0.954. The number of aliphatic hydroxyl groups is 4. The Hall–Kier alpha value is -0.220. The molecule has 2 unspecified atom stereocenters. The van der Waals surface area contributed by atoms with Crippen molar-refractivity contribution in [3.8, 4) is 0 Å². The van der Waals surface area contributed by atoms with Crippen molar-refractivity contribution in [3.63, 3.8) is 0 Å². The summed E-state index contributed by atoms with van der Waals surface area (Å²) in [5.74, 6) is -0.551. The Morgan fingerprint density at radius 1 is 0.412 bits per heavy atom. The number of carbonyl (C=O) groups excluding carboxylic acids is 2. The number of hydrogen-bond donors (Lipinski definition) is 4. The first-order chi connectivity index (χ1) is 24.4. The number of rotatable bonds is 38. The largest absolute Gasteiger partial charge is 1.00 e. The van der Waals surface area contributed by atoms with E-state index in [1.807, 2.05) is 0 Å². The van der Waals surface area contributed by atoms with Crippen LogP contribution in [0.3, 0.4) is 0 Å². The first kappa shape index (κ1) is 55.1. The van der Waals surface area contributed by atoms with E-state index in [1.54, 1.807) is 0 Å². The van der Waals surface area contributed by atoms with Crippen LogP contribution in [0.1, 0.15) is 221 Å².